The Kier molecular flexibility index (Phi) is 2.78. The van der Waals surface area contributed by atoms with Gasteiger partial charge in [0.05, 0.1) is 30.3 Å². The van der Waals surface area contributed by atoms with Crippen LogP contribution >= 0.6 is 0 Å². The van der Waals surface area contributed by atoms with Crippen LogP contribution in [0.1, 0.15) is 42.6 Å². The first-order valence-corrected chi connectivity index (χ1v) is 7.21. The summed E-state index contributed by atoms with van der Waals surface area (Å²) in [7, 11) is 0. The Morgan fingerprint density at radius 2 is 2.21 bits per heavy atom. The second-order valence-corrected chi connectivity index (χ2v) is 5.61. The van der Waals surface area contributed by atoms with Crippen LogP contribution in [0, 0.1) is 0 Å². The molecular formula is C15H19N3O. The van der Waals surface area contributed by atoms with Crippen LogP contribution in [0.4, 0.5) is 0 Å². The average Bonchev–Trinajstić information content (AvgIpc) is 2.79. The highest BCUT2D eigenvalue weighted by molar-refractivity contribution is 5.76. The average molecular weight is 257 g/mol. The predicted molar refractivity (Wildman–Crippen MR) is 74.2 cm³/mol. The van der Waals surface area contributed by atoms with Gasteiger partial charge in [0, 0.05) is 12.5 Å². The highest BCUT2D eigenvalue weighted by Crippen LogP contribution is 2.35. The van der Waals surface area contributed by atoms with Crippen LogP contribution in [0.5, 0.6) is 0 Å². The molecule has 0 radical (unpaired) electrons. The summed E-state index contributed by atoms with van der Waals surface area (Å²) < 4.78 is 5.53. The number of nitrogens with zero attached hydrogens (tertiary/aromatic N) is 1. The monoisotopic (exact) mass is 257 g/mol. The van der Waals surface area contributed by atoms with E-state index in [9.17, 15) is 0 Å². The SMILES string of the molecule is c1cc2nc(C3CCC3)[nH]c2cc1C1COCCN1. The zero-order valence-electron chi connectivity index (χ0n) is 11.0. The Labute approximate surface area is 112 Å². The number of aromatic nitrogens is 2. The predicted octanol–water partition coefficient (Wildman–Crippen LogP) is 2.49. The van der Waals surface area contributed by atoms with Crippen LogP contribution in [0.25, 0.3) is 11.0 Å². The molecule has 1 saturated heterocycles. The largest absolute Gasteiger partial charge is 0.378 e. The van der Waals surface area contributed by atoms with Gasteiger partial charge in [0.25, 0.3) is 0 Å². The molecule has 1 aliphatic heterocycles. The van der Waals surface area contributed by atoms with E-state index in [0.717, 1.165) is 30.8 Å². The number of imidazole rings is 1. The molecule has 4 heteroatoms. The lowest BCUT2D eigenvalue weighted by Gasteiger charge is -2.24. The van der Waals surface area contributed by atoms with Crippen LogP contribution in [-0.2, 0) is 4.74 Å². The van der Waals surface area contributed by atoms with Crippen LogP contribution in [-0.4, -0.2) is 29.7 Å². The third-order valence-corrected chi connectivity index (χ3v) is 4.34. The topological polar surface area (TPSA) is 49.9 Å². The summed E-state index contributed by atoms with van der Waals surface area (Å²) in [5, 5.41) is 3.49. The standard InChI is InChI=1S/C15H19N3O/c1-2-10(3-1)15-17-12-5-4-11(8-13(12)18-15)14-9-19-7-6-16-14/h4-5,8,10,14,16H,1-3,6-7,9H2,(H,17,18). The van der Waals surface area contributed by atoms with Gasteiger partial charge in [0.15, 0.2) is 0 Å². The van der Waals surface area contributed by atoms with Gasteiger partial charge in [-0.15, -0.1) is 0 Å². The molecule has 1 aliphatic carbocycles. The minimum absolute atomic E-state index is 0.314. The fourth-order valence-electron chi connectivity index (χ4n) is 2.92. The summed E-state index contributed by atoms with van der Waals surface area (Å²) in [5.41, 5.74) is 3.53. The summed E-state index contributed by atoms with van der Waals surface area (Å²) in [6.07, 6.45) is 3.91. The van der Waals surface area contributed by atoms with Crippen molar-refractivity contribution in [3.05, 3.63) is 29.6 Å². The molecule has 0 bridgehead atoms. The third-order valence-electron chi connectivity index (χ3n) is 4.34. The number of rotatable bonds is 2. The molecule has 2 heterocycles. The van der Waals surface area contributed by atoms with Gasteiger partial charge in [-0.25, -0.2) is 4.98 Å². The van der Waals surface area contributed by atoms with Gasteiger partial charge in [0.2, 0.25) is 0 Å². The minimum Gasteiger partial charge on any atom is -0.378 e. The number of fused-ring (bicyclic) bond motifs is 1. The van der Waals surface area contributed by atoms with Crippen molar-refractivity contribution in [1.29, 1.82) is 0 Å². The van der Waals surface area contributed by atoms with Crippen LogP contribution in [0.3, 0.4) is 0 Å². The van der Waals surface area contributed by atoms with Crippen LogP contribution in [0.2, 0.25) is 0 Å². The third kappa shape index (κ3) is 2.05. The van der Waals surface area contributed by atoms with Crippen molar-refractivity contribution in [2.75, 3.05) is 19.8 Å². The van der Waals surface area contributed by atoms with E-state index < -0.39 is 0 Å². The van der Waals surface area contributed by atoms with Crippen molar-refractivity contribution >= 4 is 11.0 Å². The van der Waals surface area contributed by atoms with E-state index in [1.165, 1.54) is 30.7 Å². The fourth-order valence-corrected chi connectivity index (χ4v) is 2.92. The molecule has 1 aromatic heterocycles. The van der Waals surface area contributed by atoms with E-state index in [1.54, 1.807) is 0 Å². The van der Waals surface area contributed by atoms with Crippen molar-refractivity contribution < 1.29 is 4.74 Å². The lowest BCUT2D eigenvalue weighted by Crippen LogP contribution is -2.34. The summed E-state index contributed by atoms with van der Waals surface area (Å²) in [6, 6.07) is 6.82. The van der Waals surface area contributed by atoms with Crippen molar-refractivity contribution in [3.63, 3.8) is 0 Å². The lowest BCUT2D eigenvalue weighted by atomic mass is 9.85. The van der Waals surface area contributed by atoms with Crippen molar-refractivity contribution in [2.24, 2.45) is 0 Å². The Hall–Kier alpha value is -1.39. The molecule has 2 aliphatic rings. The summed E-state index contributed by atoms with van der Waals surface area (Å²) >= 11 is 0. The molecule has 1 saturated carbocycles. The molecule has 0 amide bonds. The summed E-state index contributed by atoms with van der Waals surface area (Å²) in [4.78, 5) is 8.21. The van der Waals surface area contributed by atoms with E-state index in [2.05, 4.69) is 28.5 Å². The van der Waals surface area contributed by atoms with Gasteiger partial charge in [-0.3, -0.25) is 0 Å². The van der Waals surface area contributed by atoms with Gasteiger partial charge >= 0.3 is 0 Å². The van der Waals surface area contributed by atoms with E-state index in [0.29, 0.717) is 12.0 Å². The molecule has 19 heavy (non-hydrogen) atoms. The number of ether oxygens (including phenoxy) is 1. The molecule has 4 rings (SSSR count). The Bertz CT molecular complexity index is 582. The molecule has 100 valence electrons. The zero-order valence-corrected chi connectivity index (χ0v) is 11.0. The maximum Gasteiger partial charge on any atom is 0.110 e. The minimum atomic E-state index is 0.314. The summed E-state index contributed by atoms with van der Waals surface area (Å²) in [5.74, 6) is 1.83. The van der Waals surface area contributed by atoms with E-state index >= 15 is 0 Å². The highest BCUT2D eigenvalue weighted by Gasteiger charge is 2.23. The van der Waals surface area contributed by atoms with Gasteiger partial charge in [-0.05, 0) is 30.5 Å². The number of benzene rings is 1. The van der Waals surface area contributed by atoms with Crippen molar-refractivity contribution in [1.82, 2.24) is 15.3 Å². The van der Waals surface area contributed by atoms with Gasteiger partial charge in [-0.2, -0.15) is 0 Å². The molecule has 1 unspecified atom stereocenters. The molecule has 2 aromatic rings. The Morgan fingerprint density at radius 1 is 1.26 bits per heavy atom. The molecule has 2 N–H and O–H groups in total. The molecule has 1 atom stereocenters. The Balaban J connectivity index is 1.65. The molecule has 1 aromatic carbocycles. The maximum absolute atomic E-state index is 5.53. The normalized spacial score (nSPS) is 24.5. The number of morpholine rings is 1. The number of H-pyrrole nitrogens is 1. The second-order valence-electron chi connectivity index (χ2n) is 5.61. The van der Waals surface area contributed by atoms with Gasteiger partial charge in [0.1, 0.15) is 5.82 Å². The first-order valence-electron chi connectivity index (χ1n) is 7.21. The van der Waals surface area contributed by atoms with E-state index in [4.69, 9.17) is 9.72 Å². The number of hydrogen-bond acceptors (Lipinski definition) is 3. The van der Waals surface area contributed by atoms with Crippen molar-refractivity contribution in [3.8, 4) is 0 Å². The molecular weight excluding hydrogens is 238 g/mol. The smallest absolute Gasteiger partial charge is 0.110 e. The maximum atomic E-state index is 5.53. The molecule has 2 fully saturated rings. The molecule has 4 nitrogen and oxygen atoms in total. The van der Waals surface area contributed by atoms with Gasteiger partial charge in [-0.1, -0.05) is 12.5 Å². The number of aromatic amines is 1. The van der Waals surface area contributed by atoms with Crippen molar-refractivity contribution in [2.45, 2.75) is 31.2 Å². The number of hydrogen-bond donors (Lipinski definition) is 2. The van der Waals surface area contributed by atoms with E-state index in [1.807, 2.05) is 0 Å². The highest BCUT2D eigenvalue weighted by atomic mass is 16.5. The first kappa shape index (κ1) is 11.4. The summed E-state index contributed by atoms with van der Waals surface area (Å²) in [6.45, 7) is 2.50. The molecule has 0 spiro atoms. The quantitative estimate of drug-likeness (QED) is 0.869. The van der Waals surface area contributed by atoms with Crippen LogP contribution < -0.4 is 5.32 Å². The zero-order chi connectivity index (χ0) is 12.7. The Morgan fingerprint density at radius 3 is 2.95 bits per heavy atom. The lowest BCUT2D eigenvalue weighted by molar-refractivity contribution is 0.0769. The fraction of sp³-hybridized carbons (Fsp3) is 0.533. The van der Waals surface area contributed by atoms with Gasteiger partial charge < -0.3 is 15.0 Å². The van der Waals surface area contributed by atoms with Crippen LogP contribution in [0.15, 0.2) is 18.2 Å². The van der Waals surface area contributed by atoms with E-state index in [-0.39, 0.29) is 0 Å². The first-order chi connectivity index (χ1) is 9.40. The number of nitrogens with one attached hydrogen (secondary N) is 2. The second kappa shape index (κ2) is 4.62.